The van der Waals surface area contributed by atoms with E-state index in [0.29, 0.717) is 0 Å². The van der Waals surface area contributed by atoms with Crippen molar-refractivity contribution < 1.29 is 32.0 Å². The summed E-state index contributed by atoms with van der Waals surface area (Å²) < 4.78 is 49.2. The average Bonchev–Trinajstić information content (AvgIpc) is 2.18. The van der Waals surface area contributed by atoms with Crippen molar-refractivity contribution in [2.45, 2.75) is 45.0 Å². The smallest absolute Gasteiger partial charge is 0.466 e. The highest BCUT2D eigenvalue weighted by molar-refractivity contribution is 6.63. The fourth-order valence-corrected chi connectivity index (χ4v) is 2.10. The van der Waals surface area contributed by atoms with E-state index >= 15 is 0 Å². The van der Waals surface area contributed by atoms with Crippen molar-refractivity contribution in [1.29, 1.82) is 0 Å². The van der Waals surface area contributed by atoms with Gasteiger partial charge in [-0.15, -0.1) is 0 Å². The van der Waals surface area contributed by atoms with Gasteiger partial charge in [-0.3, -0.25) is 4.79 Å². The van der Waals surface area contributed by atoms with Crippen LogP contribution in [0.25, 0.3) is 0 Å². The van der Waals surface area contributed by atoms with Gasteiger partial charge in [0.05, 0.1) is 6.61 Å². The van der Waals surface area contributed by atoms with E-state index in [9.17, 15) is 22.5 Å². The maximum Gasteiger partial charge on any atom is 0.488 e. The number of likely N-dealkylation sites (tertiary alicyclic amines) is 1. The molecular formula is C12H20BF3NO4-. The molecule has 0 bridgehead atoms. The Morgan fingerprint density at radius 1 is 1.24 bits per heavy atom. The zero-order valence-corrected chi connectivity index (χ0v) is 12.6. The number of esters is 1. The highest BCUT2D eigenvalue weighted by Gasteiger charge is 2.59. The zero-order chi connectivity index (χ0) is 16.5. The fourth-order valence-electron chi connectivity index (χ4n) is 2.10. The first kappa shape index (κ1) is 17.6. The molecule has 0 aromatic rings. The van der Waals surface area contributed by atoms with E-state index in [1.165, 1.54) is 6.92 Å². The van der Waals surface area contributed by atoms with Crippen LogP contribution in [0.5, 0.6) is 0 Å². The molecule has 0 aromatic carbocycles. The maximum absolute atomic E-state index is 13.2. The molecule has 1 rings (SSSR count). The molecule has 0 aliphatic carbocycles. The van der Waals surface area contributed by atoms with E-state index in [-0.39, 0.29) is 6.61 Å². The third-order valence-corrected chi connectivity index (χ3v) is 3.16. The molecule has 0 spiro atoms. The Kier molecular flexibility index (Phi) is 4.85. The van der Waals surface area contributed by atoms with Gasteiger partial charge in [-0.25, -0.2) is 4.79 Å². The van der Waals surface area contributed by atoms with Crippen LogP contribution in [-0.4, -0.2) is 49.2 Å². The Hall–Kier alpha value is -1.41. The van der Waals surface area contributed by atoms with Gasteiger partial charge in [0.25, 0.3) is 0 Å². The Balaban J connectivity index is 2.71. The molecule has 0 unspecified atom stereocenters. The summed E-state index contributed by atoms with van der Waals surface area (Å²) in [4.78, 5) is 24.0. The SMILES string of the molecule is CCOC(=O)CC1([B-](F)(F)F)CN(C(=O)OC(C)(C)C)C1. The quantitative estimate of drug-likeness (QED) is 0.592. The predicted molar refractivity (Wildman–Crippen MR) is 70.8 cm³/mol. The largest absolute Gasteiger partial charge is 0.488 e. The minimum absolute atomic E-state index is 0.0234. The lowest BCUT2D eigenvalue weighted by Gasteiger charge is -2.54. The highest BCUT2D eigenvalue weighted by Crippen LogP contribution is 2.52. The number of hydrogen-bond donors (Lipinski definition) is 0. The first-order valence-corrected chi connectivity index (χ1v) is 6.73. The van der Waals surface area contributed by atoms with Crippen molar-refractivity contribution in [3.05, 3.63) is 0 Å². The molecule has 1 aliphatic rings. The highest BCUT2D eigenvalue weighted by atomic mass is 19.4. The molecule has 0 aromatic heterocycles. The average molecular weight is 310 g/mol. The molecule has 1 amide bonds. The normalized spacial score (nSPS) is 18.0. The molecule has 0 atom stereocenters. The standard InChI is InChI=1S/C12H20BF3NO4/c1-5-20-9(18)6-12(13(14,15)16)7-17(8-12)10(19)21-11(2,3)4/h5-8H2,1-4H3/q-1. The number of rotatable bonds is 4. The molecule has 122 valence electrons. The second kappa shape index (κ2) is 5.77. The molecule has 0 N–H and O–H groups in total. The second-order valence-electron chi connectivity index (χ2n) is 6.26. The lowest BCUT2D eigenvalue weighted by molar-refractivity contribution is -0.145. The van der Waals surface area contributed by atoms with Gasteiger partial charge in [-0.2, -0.15) is 0 Å². The Labute approximate surface area is 121 Å². The Morgan fingerprint density at radius 2 is 1.76 bits per heavy atom. The van der Waals surface area contributed by atoms with Crippen LogP contribution < -0.4 is 0 Å². The third kappa shape index (κ3) is 4.28. The zero-order valence-electron chi connectivity index (χ0n) is 12.6. The van der Waals surface area contributed by atoms with Gasteiger partial charge in [0.2, 0.25) is 0 Å². The van der Waals surface area contributed by atoms with Crippen LogP contribution in [0.3, 0.4) is 0 Å². The number of amides is 1. The van der Waals surface area contributed by atoms with Crippen molar-refractivity contribution in [1.82, 2.24) is 4.90 Å². The van der Waals surface area contributed by atoms with Crippen molar-refractivity contribution in [3.63, 3.8) is 0 Å². The number of hydrogen-bond acceptors (Lipinski definition) is 4. The van der Waals surface area contributed by atoms with Crippen molar-refractivity contribution >= 4 is 19.0 Å². The van der Waals surface area contributed by atoms with Crippen LogP contribution in [0.1, 0.15) is 34.1 Å². The molecule has 1 heterocycles. The molecule has 5 nitrogen and oxygen atoms in total. The van der Waals surface area contributed by atoms with Crippen LogP contribution in [0.4, 0.5) is 17.7 Å². The molecule has 1 aliphatic heterocycles. The van der Waals surface area contributed by atoms with Gasteiger partial charge in [-0.05, 0) is 33.0 Å². The summed E-state index contributed by atoms with van der Waals surface area (Å²) in [5.41, 5.74) is -0.778. The van der Waals surface area contributed by atoms with Gasteiger partial charge in [-0.1, -0.05) is 0 Å². The van der Waals surface area contributed by atoms with Gasteiger partial charge in [0, 0.05) is 19.5 Å². The summed E-state index contributed by atoms with van der Waals surface area (Å²) in [5, 5.41) is -2.18. The first-order chi connectivity index (χ1) is 9.40. The molecule has 1 saturated heterocycles. The van der Waals surface area contributed by atoms with Crippen LogP contribution in [0.15, 0.2) is 0 Å². The summed E-state index contributed by atoms with van der Waals surface area (Å²) in [7, 11) is 0. The summed E-state index contributed by atoms with van der Waals surface area (Å²) in [6, 6.07) is 0. The van der Waals surface area contributed by atoms with Crippen molar-refractivity contribution in [2.24, 2.45) is 0 Å². The lowest BCUT2D eigenvalue weighted by atomic mass is 9.51. The van der Waals surface area contributed by atoms with E-state index in [4.69, 9.17) is 4.74 Å². The van der Waals surface area contributed by atoms with E-state index < -0.39 is 49.5 Å². The van der Waals surface area contributed by atoms with Gasteiger partial charge < -0.3 is 27.3 Å². The number of carbonyl (C=O) groups excluding carboxylic acids is 2. The molecule has 9 heteroatoms. The van der Waals surface area contributed by atoms with Gasteiger partial charge >= 0.3 is 19.0 Å². The Bertz CT molecular complexity index is 414. The van der Waals surface area contributed by atoms with Crippen LogP contribution in [-0.2, 0) is 14.3 Å². The van der Waals surface area contributed by atoms with E-state index in [1.807, 2.05) is 0 Å². The summed E-state index contributed by atoms with van der Waals surface area (Å²) in [6.07, 6.45) is -1.56. The number of nitrogens with zero attached hydrogens (tertiary/aromatic N) is 1. The van der Waals surface area contributed by atoms with E-state index in [2.05, 4.69) is 4.74 Å². The maximum atomic E-state index is 13.2. The second-order valence-corrected chi connectivity index (χ2v) is 6.26. The van der Waals surface area contributed by atoms with Crippen LogP contribution >= 0.6 is 0 Å². The predicted octanol–water partition coefficient (Wildman–Crippen LogP) is 2.78. The van der Waals surface area contributed by atoms with Gasteiger partial charge in [0.15, 0.2) is 0 Å². The Morgan fingerprint density at radius 3 is 2.14 bits per heavy atom. The van der Waals surface area contributed by atoms with Crippen LogP contribution in [0.2, 0.25) is 5.31 Å². The minimum atomic E-state index is -5.27. The van der Waals surface area contributed by atoms with Crippen LogP contribution in [0, 0.1) is 0 Å². The minimum Gasteiger partial charge on any atom is -0.466 e. The number of ether oxygens (including phenoxy) is 2. The van der Waals surface area contributed by atoms with Crippen molar-refractivity contribution in [3.8, 4) is 0 Å². The molecule has 1 fully saturated rings. The number of carbonyl (C=O) groups is 2. The monoisotopic (exact) mass is 310 g/mol. The molecular weight excluding hydrogens is 290 g/mol. The fraction of sp³-hybridized carbons (Fsp3) is 0.833. The number of halogens is 3. The topological polar surface area (TPSA) is 55.8 Å². The van der Waals surface area contributed by atoms with Gasteiger partial charge in [0.1, 0.15) is 5.60 Å². The molecule has 0 radical (unpaired) electrons. The summed E-state index contributed by atoms with van der Waals surface area (Å²) in [5.74, 6) is -0.902. The first-order valence-electron chi connectivity index (χ1n) is 6.73. The van der Waals surface area contributed by atoms with E-state index in [0.717, 1.165) is 4.90 Å². The molecule has 21 heavy (non-hydrogen) atoms. The summed E-state index contributed by atoms with van der Waals surface area (Å²) in [6.45, 7) is 0.0330. The van der Waals surface area contributed by atoms with E-state index in [1.54, 1.807) is 20.8 Å². The lowest BCUT2D eigenvalue weighted by Crippen LogP contribution is -2.63. The third-order valence-electron chi connectivity index (χ3n) is 3.16. The van der Waals surface area contributed by atoms with Crippen molar-refractivity contribution in [2.75, 3.05) is 19.7 Å². The molecule has 0 saturated carbocycles. The summed E-state index contributed by atoms with van der Waals surface area (Å²) >= 11 is 0.